The van der Waals surface area contributed by atoms with E-state index in [1.165, 1.54) is 16.4 Å². The number of nitrogens with zero attached hydrogens (tertiary/aromatic N) is 1. The van der Waals surface area contributed by atoms with E-state index >= 15 is 0 Å². The van der Waals surface area contributed by atoms with Crippen LogP contribution in [0.3, 0.4) is 0 Å². The highest BCUT2D eigenvalue weighted by atomic mass is 32.2. The summed E-state index contributed by atoms with van der Waals surface area (Å²) in [5.41, 5.74) is 1.21. The molecule has 1 aliphatic rings. The quantitative estimate of drug-likeness (QED) is 0.912. The first-order valence-electron chi connectivity index (χ1n) is 6.69. The van der Waals surface area contributed by atoms with Gasteiger partial charge in [-0.25, -0.2) is 13.2 Å². The normalized spacial score (nSPS) is 20.4. The summed E-state index contributed by atoms with van der Waals surface area (Å²) in [5, 5.41) is 9.12. The summed E-state index contributed by atoms with van der Waals surface area (Å²) in [6, 6.07) is 2.46. The summed E-state index contributed by atoms with van der Waals surface area (Å²) in [6.07, 6.45) is 0. The van der Waals surface area contributed by atoms with Gasteiger partial charge in [0.15, 0.2) is 0 Å². The predicted octanol–water partition coefficient (Wildman–Crippen LogP) is 1.41. The lowest BCUT2D eigenvalue weighted by Gasteiger charge is -2.32. The molecule has 2 rings (SSSR count). The van der Waals surface area contributed by atoms with E-state index in [-0.39, 0.29) is 23.0 Å². The molecule has 116 valence electrons. The summed E-state index contributed by atoms with van der Waals surface area (Å²) in [7, 11) is -3.73. The number of hydrogen-bond acceptors (Lipinski definition) is 4. The largest absolute Gasteiger partial charge is 0.478 e. The van der Waals surface area contributed by atoms with Crippen LogP contribution in [0.15, 0.2) is 17.0 Å². The lowest BCUT2D eigenvalue weighted by Crippen LogP contribution is -2.47. The minimum atomic E-state index is -3.73. The third-order valence-electron chi connectivity index (χ3n) is 3.76. The first-order chi connectivity index (χ1) is 9.75. The minimum absolute atomic E-state index is 0.0161. The molecule has 1 atom stereocenters. The maximum Gasteiger partial charge on any atom is 0.335 e. The zero-order chi connectivity index (χ0) is 15.8. The molecule has 1 aromatic carbocycles. The maximum absolute atomic E-state index is 12.8. The first-order valence-corrected chi connectivity index (χ1v) is 8.13. The van der Waals surface area contributed by atoms with Gasteiger partial charge in [0.05, 0.1) is 23.7 Å². The van der Waals surface area contributed by atoms with E-state index in [2.05, 4.69) is 0 Å². The van der Waals surface area contributed by atoms with Crippen molar-refractivity contribution in [2.24, 2.45) is 0 Å². The van der Waals surface area contributed by atoms with E-state index < -0.39 is 16.0 Å². The van der Waals surface area contributed by atoms with E-state index in [1.807, 2.05) is 0 Å². The summed E-state index contributed by atoms with van der Waals surface area (Å²) in [4.78, 5) is 11.2. The number of benzene rings is 1. The van der Waals surface area contributed by atoms with Crippen LogP contribution in [0.1, 0.15) is 28.4 Å². The highest BCUT2D eigenvalue weighted by Crippen LogP contribution is 2.26. The summed E-state index contributed by atoms with van der Waals surface area (Å²) in [5.74, 6) is -1.13. The molecule has 1 heterocycles. The molecule has 1 aliphatic heterocycles. The predicted molar refractivity (Wildman–Crippen MR) is 77.0 cm³/mol. The summed E-state index contributed by atoms with van der Waals surface area (Å²) >= 11 is 0. The number of carbonyl (C=O) groups is 1. The average molecular weight is 313 g/mol. The molecule has 0 radical (unpaired) electrons. The number of morpholine rings is 1. The van der Waals surface area contributed by atoms with Gasteiger partial charge in [-0.05, 0) is 44.0 Å². The van der Waals surface area contributed by atoms with Crippen molar-refractivity contribution in [3.63, 3.8) is 0 Å². The molecule has 6 nitrogen and oxygen atoms in total. The molecule has 0 aliphatic carbocycles. The van der Waals surface area contributed by atoms with Crippen molar-refractivity contribution in [3.8, 4) is 0 Å². The molecule has 0 aromatic heterocycles. The van der Waals surface area contributed by atoms with Crippen LogP contribution in [-0.2, 0) is 14.8 Å². The second kappa shape index (κ2) is 5.75. The number of aromatic carboxylic acids is 1. The number of sulfonamides is 1. The highest BCUT2D eigenvalue weighted by Gasteiger charge is 2.33. The molecule has 1 aromatic rings. The Labute approximate surface area is 124 Å². The van der Waals surface area contributed by atoms with Gasteiger partial charge in [0.25, 0.3) is 0 Å². The first kappa shape index (κ1) is 15.9. The Morgan fingerprint density at radius 2 is 2.05 bits per heavy atom. The number of ether oxygens (including phenoxy) is 1. The molecule has 1 saturated heterocycles. The van der Waals surface area contributed by atoms with Crippen molar-refractivity contribution in [1.82, 2.24) is 4.31 Å². The molecule has 21 heavy (non-hydrogen) atoms. The fourth-order valence-corrected chi connectivity index (χ4v) is 4.34. The molecule has 0 amide bonds. The van der Waals surface area contributed by atoms with Gasteiger partial charge < -0.3 is 9.84 Å². The number of carboxylic acids is 1. The molecule has 0 spiro atoms. The molecule has 1 fully saturated rings. The van der Waals surface area contributed by atoms with E-state index in [0.29, 0.717) is 24.3 Å². The van der Waals surface area contributed by atoms with E-state index in [4.69, 9.17) is 9.84 Å². The third kappa shape index (κ3) is 2.95. The van der Waals surface area contributed by atoms with Gasteiger partial charge in [-0.3, -0.25) is 0 Å². The Morgan fingerprint density at radius 1 is 1.38 bits per heavy atom. The van der Waals surface area contributed by atoms with Crippen molar-refractivity contribution in [2.75, 3.05) is 19.8 Å². The fraction of sp³-hybridized carbons (Fsp3) is 0.500. The van der Waals surface area contributed by atoms with Gasteiger partial charge in [0.2, 0.25) is 10.0 Å². The SMILES string of the molecule is Cc1cc(C(=O)O)cc(S(=O)(=O)N2CCOCC2C)c1C. The second-order valence-electron chi connectivity index (χ2n) is 5.26. The van der Waals surface area contributed by atoms with Crippen molar-refractivity contribution >= 4 is 16.0 Å². The van der Waals surface area contributed by atoms with Gasteiger partial charge in [-0.1, -0.05) is 0 Å². The Morgan fingerprint density at radius 3 is 2.62 bits per heavy atom. The van der Waals surface area contributed by atoms with E-state index in [0.717, 1.165) is 0 Å². The van der Waals surface area contributed by atoms with Crippen LogP contribution in [0, 0.1) is 13.8 Å². The molecule has 1 N–H and O–H groups in total. The van der Waals surface area contributed by atoms with Crippen LogP contribution >= 0.6 is 0 Å². The topological polar surface area (TPSA) is 83.9 Å². The molecular formula is C14H19NO5S. The zero-order valence-electron chi connectivity index (χ0n) is 12.3. The summed E-state index contributed by atoms with van der Waals surface area (Å²) in [6.45, 7) is 6.15. The van der Waals surface area contributed by atoms with Crippen molar-refractivity contribution in [2.45, 2.75) is 31.7 Å². The number of hydrogen-bond donors (Lipinski definition) is 1. The molecule has 0 saturated carbocycles. The van der Waals surface area contributed by atoms with Crippen molar-refractivity contribution < 1.29 is 23.1 Å². The van der Waals surface area contributed by atoms with Gasteiger partial charge in [-0.2, -0.15) is 4.31 Å². The maximum atomic E-state index is 12.8. The van der Waals surface area contributed by atoms with Crippen molar-refractivity contribution in [1.29, 1.82) is 0 Å². The lowest BCUT2D eigenvalue weighted by molar-refractivity contribution is 0.0392. The minimum Gasteiger partial charge on any atom is -0.478 e. The Kier molecular flexibility index (Phi) is 4.36. The van der Waals surface area contributed by atoms with E-state index in [1.54, 1.807) is 20.8 Å². The van der Waals surface area contributed by atoms with Crippen LogP contribution in [0.25, 0.3) is 0 Å². The molecule has 7 heteroatoms. The van der Waals surface area contributed by atoms with E-state index in [9.17, 15) is 13.2 Å². The average Bonchev–Trinajstić information content (AvgIpc) is 2.41. The van der Waals surface area contributed by atoms with Gasteiger partial charge in [0.1, 0.15) is 0 Å². The molecule has 0 bridgehead atoms. The van der Waals surface area contributed by atoms with Crippen molar-refractivity contribution in [3.05, 3.63) is 28.8 Å². The van der Waals surface area contributed by atoms with Gasteiger partial charge in [-0.15, -0.1) is 0 Å². The Bertz CT molecular complexity index is 668. The Hall–Kier alpha value is -1.44. The number of aryl methyl sites for hydroxylation is 1. The Balaban J connectivity index is 2.56. The van der Waals surface area contributed by atoms with Crippen LogP contribution in [0.5, 0.6) is 0 Å². The smallest absolute Gasteiger partial charge is 0.335 e. The molecule has 1 unspecified atom stereocenters. The molecular weight excluding hydrogens is 294 g/mol. The van der Waals surface area contributed by atoms with Crippen LogP contribution in [0.4, 0.5) is 0 Å². The summed E-state index contributed by atoms with van der Waals surface area (Å²) < 4.78 is 32.3. The lowest BCUT2D eigenvalue weighted by atomic mass is 10.1. The standard InChI is InChI=1S/C14H19NO5S/c1-9-6-12(14(16)17)7-13(11(9)3)21(18,19)15-4-5-20-8-10(15)2/h6-7,10H,4-5,8H2,1-3H3,(H,16,17). The van der Waals surface area contributed by atoms with Crippen LogP contribution in [0.2, 0.25) is 0 Å². The third-order valence-corrected chi connectivity index (χ3v) is 5.90. The van der Waals surface area contributed by atoms with Gasteiger partial charge >= 0.3 is 5.97 Å². The monoisotopic (exact) mass is 313 g/mol. The number of carboxylic acid groups (broad SMARTS) is 1. The van der Waals surface area contributed by atoms with Gasteiger partial charge in [0, 0.05) is 12.6 Å². The highest BCUT2D eigenvalue weighted by molar-refractivity contribution is 7.89. The van der Waals surface area contributed by atoms with Crippen LogP contribution in [-0.4, -0.2) is 49.6 Å². The second-order valence-corrected chi connectivity index (χ2v) is 7.12. The zero-order valence-corrected chi connectivity index (χ0v) is 13.1. The van der Waals surface area contributed by atoms with Crippen LogP contribution < -0.4 is 0 Å². The fourth-order valence-electron chi connectivity index (χ4n) is 2.41. The number of rotatable bonds is 3.